The molecule has 0 amide bonds. The molecule has 0 aliphatic carbocycles. The molecule has 0 aliphatic heterocycles. The molecule has 30 heteroatoms. The van der Waals surface area contributed by atoms with E-state index in [-0.39, 0.29) is 6.29 Å². The molecule has 2 unspecified atom stereocenters. The second-order valence-corrected chi connectivity index (χ2v) is 13.0. The normalized spacial score (nSPS) is 18.6. The first-order chi connectivity index (χ1) is 20.2. The Balaban J connectivity index is 0. The van der Waals surface area contributed by atoms with Crippen LogP contribution in [0.25, 0.3) is 0 Å². The van der Waals surface area contributed by atoms with Gasteiger partial charge in [-0.3, -0.25) is 32.2 Å². The smallest absolute Gasteiger partial charge is 0.394 e. The molecule has 0 aromatic heterocycles. The maximum atomic E-state index is 12.3. The molecule has 8 atom stereocenters. The zero-order valence-electron chi connectivity index (χ0n) is 22.1. The molecule has 0 heterocycles. The Kier molecular flexibility index (Phi) is 21.1. The second-order valence-electron chi connectivity index (χ2n) is 7.93. The number of hydrogen-bond donors (Lipinski definition) is 14. The van der Waals surface area contributed by atoms with Crippen LogP contribution in [0.3, 0.4) is 0 Å². The van der Waals surface area contributed by atoms with Crippen molar-refractivity contribution < 1.29 is 125 Å². The lowest BCUT2D eigenvalue weighted by molar-refractivity contribution is -0.145. The van der Waals surface area contributed by atoms with Crippen molar-refractivity contribution >= 4 is 49.1 Å². The fourth-order valence-electron chi connectivity index (χ4n) is 2.20. The van der Waals surface area contributed by atoms with Crippen LogP contribution < -0.4 is 0 Å². The Morgan fingerprint density at radius 2 is 1.18 bits per heavy atom. The summed E-state index contributed by atoms with van der Waals surface area (Å²) in [5.74, 6) is -3.62. The fraction of sp³-hybridized carbons (Fsp3) is 0.800. The Morgan fingerprint density at radius 3 is 1.56 bits per heavy atom. The lowest BCUT2D eigenvalue weighted by atomic mass is 10.1. The summed E-state index contributed by atoms with van der Waals surface area (Å²) in [6, 6.07) is 0. The molecule has 0 aromatic rings. The number of aldehydes is 1. The summed E-state index contributed by atoms with van der Waals surface area (Å²) in [5, 5.41) is 63.5. The zero-order valence-corrected chi connectivity index (χ0v) is 25.7. The number of ketones is 2. The van der Waals surface area contributed by atoms with Crippen LogP contribution >= 0.6 is 31.3 Å². The minimum atomic E-state index is -5.85. The number of carbonyl (C=O) groups is 3. The first-order valence-corrected chi connectivity index (χ1v) is 17.2. The number of phosphoric ester groups is 4. The fourth-order valence-corrected chi connectivity index (χ4v) is 4.26. The van der Waals surface area contributed by atoms with Gasteiger partial charge in [-0.1, -0.05) is 0 Å². The number of Topliss-reactive ketones (excluding diaryl/α,β-unsaturated/α-hetero) is 2. The average Bonchev–Trinajstić information content (AvgIpc) is 2.92. The van der Waals surface area contributed by atoms with E-state index in [1.54, 1.807) is 0 Å². The molecule has 0 aliphatic rings. The highest BCUT2D eigenvalue weighted by atomic mass is 31.2. The highest BCUT2D eigenvalue weighted by Crippen LogP contribution is 2.47. The van der Waals surface area contributed by atoms with Crippen molar-refractivity contribution in [3.05, 3.63) is 0 Å². The third-order valence-corrected chi connectivity index (χ3v) is 6.66. The Bertz CT molecular complexity index is 1110. The Hall–Kier alpha value is -0.830. The second kappa shape index (κ2) is 20.5. The molecule has 0 radical (unpaired) electrons. The van der Waals surface area contributed by atoms with Gasteiger partial charge in [0.2, 0.25) is 0 Å². The van der Waals surface area contributed by atoms with Crippen LogP contribution in [0.2, 0.25) is 0 Å². The van der Waals surface area contributed by atoms with E-state index in [1.807, 2.05) is 0 Å². The molecule has 0 saturated carbocycles. The van der Waals surface area contributed by atoms with E-state index < -0.39 is 119 Å². The van der Waals surface area contributed by atoms with Gasteiger partial charge >= 0.3 is 31.3 Å². The van der Waals surface area contributed by atoms with Crippen LogP contribution in [0, 0.1) is 0 Å². The maximum Gasteiger partial charge on any atom is 0.473 e. The van der Waals surface area contributed by atoms with Crippen LogP contribution in [0.1, 0.15) is 0 Å². The van der Waals surface area contributed by atoms with Gasteiger partial charge < -0.3 is 74.8 Å². The Morgan fingerprint density at radius 1 is 0.667 bits per heavy atom. The van der Waals surface area contributed by atoms with Crippen molar-refractivity contribution in [3.63, 3.8) is 0 Å². The van der Waals surface area contributed by atoms with Crippen LogP contribution in [-0.2, 0) is 55.3 Å². The van der Waals surface area contributed by atoms with Gasteiger partial charge in [0.1, 0.15) is 37.1 Å². The van der Waals surface area contributed by atoms with Crippen molar-refractivity contribution in [3.8, 4) is 0 Å². The van der Waals surface area contributed by atoms with E-state index in [4.69, 9.17) is 44.7 Å². The Labute approximate surface area is 250 Å². The molecular weight excluding hydrogens is 720 g/mol. The van der Waals surface area contributed by atoms with Gasteiger partial charge in [-0.2, -0.15) is 0 Å². The minimum Gasteiger partial charge on any atom is -0.394 e. The maximum absolute atomic E-state index is 12.3. The molecule has 0 aromatic carbocycles. The van der Waals surface area contributed by atoms with Gasteiger partial charge in [0, 0.05) is 0 Å². The predicted molar refractivity (Wildman–Crippen MR) is 134 cm³/mol. The van der Waals surface area contributed by atoms with Gasteiger partial charge in [0.25, 0.3) is 0 Å². The average molecular weight is 752 g/mol. The van der Waals surface area contributed by atoms with E-state index in [0.29, 0.717) is 0 Å². The molecule has 0 spiro atoms. The molecule has 0 fully saturated rings. The van der Waals surface area contributed by atoms with Gasteiger partial charge in [-0.05, 0) is 0 Å². The van der Waals surface area contributed by atoms with Crippen molar-refractivity contribution in [2.24, 2.45) is 0 Å². The lowest BCUT2D eigenvalue weighted by Gasteiger charge is -2.28. The molecule has 0 saturated heterocycles. The third kappa shape index (κ3) is 22.4. The van der Waals surface area contributed by atoms with Crippen LogP contribution in [0.4, 0.5) is 0 Å². The topological polar surface area (TPSA) is 449 Å². The number of rotatable bonds is 22. The molecule has 45 heavy (non-hydrogen) atoms. The number of phosphoric acid groups is 4. The summed E-state index contributed by atoms with van der Waals surface area (Å²) in [7, 11) is -22.1. The first kappa shape index (κ1) is 46.3. The molecule has 0 bridgehead atoms. The standard InChI is InChI=1S/C12H26O23P4.C3H6O3/c13-1-5(14)9(17)11(19)8(34-38(26,27)28)4-33-39(29,30)35-12(7(16)3-32-37(23,24)25)10(18)6(15)2-31-36(20,21)22;4-1-3(6)2-5/h5-6,8-10,12-15,17-18H,1-4H2,(H,29,30)(H2,20,21,22)(H2,23,24,25)(H2,26,27,28);1,3,5-6H,2H2/t5-,6-,8-,9-,10-,12-;/m1./s1. The zero-order chi connectivity index (χ0) is 36.0. The van der Waals surface area contributed by atoms with Gasteiger partial charge in [0.15, 0.2) is 30.1 Å². The monoisotopic (exact) mass is 752 g/mol. The van der Waals surface area contributed by atoms with Gasteiger partial charge in [-0.25, -0.2) is 18.3 Å². The first-order valence-electron chi connectivity index (χ1n) is 11.1. The summed E-state index contributed by atoms with van der Waals surface area (Å²) in [4.78, 5) is 96.0. The number of carbonyl (C=O) groups excluding carboxylic acids is 3. The number of aliphatic hydroxyl groups is 7. The van der Waals surface area contributed by atoms with Crippen molar-refractivity contribution in [2.75, 3.05) is 33.0 Å². The molecule has 0 rings (SSSR count). The van der Waals surface area contributed by atoms with Crippen LogP contribution in [0.5, 0.6) is 0 Å². The van der Waals surface area contributed by atoms with Crippen molar-refractivity contribution in [1.29, 1.82) is 0 Å². The minimum absolute atomic E-state index is 0.278. The van der Waals surface area contributed by atoms with E-state index in [2.05, 4.69) is 22.6 Å². The SMILES string of the molecule is O=C(COP(=O)(O)O)[C@@H](OP(=O)(O)OC[C@@H](OP(=O)(O)O)C(=O)[C@H](O)[C@H](O)CO)[C@H](O)[C@H](O)COP(=O)(O)O.O=CC(O)CO. The number of hydrogen-bond acceptors (Lipinski definition) is 19. The van der Waals surface area contributed by atoms with Crippen molar-refractivity contribution in [1.82, 2.24) is 0 Å². The largest absolute Gasteiger partial charge is 0.473 e. The van der Waals surface area contributed by atoms with E-state index >= 15 is 0 Å². The summed E-state index contributed by atoms with van der Waals surface area (Å²) in [6.07, 6.45) is -16.5. The number of aliphatic hydroxyl groups excluding tert-OH is 7. The van der Waals surface area contributed by atoms with E-state index in [9.17, 15) is 58.0 Å². The summed E-state index contributed by atoms with van der Waals surface area (Å²) in [5.41, 5.74) is 0. The quantitative estimate of drug-likeness (QED) is 0.0361. The third-order valence-electron chi connectivity index (χ3n) is 4.22. The molecule has 26 nitrogen and oxygen atoms in total. The highest BCUT2D eigenvalue weighted by Gasteiger charge is 2.42. The van der Waals surface area contributed by atoms with Crippen LogP contribution in [-0.4, -0.2) is 164 Å². The molecule has 268 valence electrons. The van der Waals surface area contributed by atoms with Crippen LogP contribution in [0.15, 0.2) is 0 Å². The van der Waals surface area contributed by atoms with Crippen molar-refractivity contribution in [2.45, 2.75) is 42.7 Å². The molecule has 14 N–H and O–H groups in total. The van der Waals surface area contributed by atoms with E-state index in [1.165, 1.54) is 0 Å². The summed E-state index contributed by atoms with van der Waals surface area (Å²) < 4.78 is 65.2. The van der Waals surface area contributed by atoms with Gasteiger partial charge in [-0.15, -0.1) is 0 Å². The lowest BCUT2D eigenvalue weighted by Crippen LogP contribution is -2.47. The summed E-state index contributed by atoms with van der Waals surface area (Å²) >= 11 is 0. The summed E-state index contributed by atoms with van der Waals surface area (Å²) in [6.45, 7) is -6.56. The van der Waals surface area contributed by atoms with Gasteiger partial charge in [0.05, 0.1) is 26.4 Å². The van der Waals surface area contributed by atoms with E-state index in [0.717, 1.165) is 0 Å². The molecular formula is C15H32O26P4. The highest BCUT2D eigenvalue weighted by molar-refractivity contribution is 7.47. The predicted octanol–water partition coefficient (Wildman–Crippen LogP) is -6.70.